The van der Waals surface area contributed by atoms with Gasteiger partial charge in [-0.25, -0.2) is 0 Å². The Morgan fingerprint density at radius 1 is 1.18 bits per heavy atom. The lowest BCUT2D eigenvalue weighted by molar-refractivity contribution is 0.259. The molecule has 1 atom stereocenters. The van der Waals surface area contributed by atoms with Gasteiger partial charge in [0.25, 0.3) is 0 Å². The van der Waals surface area contributed by atoms with E-state index >= 15 is 0 Å². The summed E-state index contributed by atoms with van der Waals surface area (Å²) in [6.45, 7) is 0.148. The van der Waals surface area contributed by atoms with Crippen LogP contribution in [-0.4, -0.2) is 11.7 Å². The van der Waals surface area contributed by atoms with Crippen molar-refractivity contribution >= 4 is 22.9 Å². The van der Waals surface area contributed by atoms with Crippen LogP contribution < -0.4 is 0 Å². The zero-order valence-corrected chi connectivity index (χ0v) is 11.0. The summed E-state index contributed by atoms with van der Waals surface area (Å²) in [5, 5.41) is 12.3. The number of hydrogen-bond donors (Lipinski definition) is 1. The molecule has 1 nitrogen and oxygen atoms in total. The summed E-state index contributed by atoms with van der Waals surface area (Å²) in [6.07, 6.45) is 1.93. The molecule has 0 radical (unpaired) electrons. The summed E-state index contributed by atoms with van der Waals surface area (Å²) in [5.41, 5.74) is 1.05. The van der Waals surface area contributed by atoms with Crippen LogP contribution >= 0.6 is 22.9 Å². The minimum absolute atomic E-state index is 0.130. The first-order valence-corrected chi connectivity index (χ1v) is 6.94. The van der Waals surface area contributed by atoms with Gasteiger partial charge in [-0.2, -0.15) is 0 Å². The second-order valence-electron chi connectivity index (χ2n) is 4.02. The molecule has 0 fully saturated rings. The third-order valence-electron chi connectivity index (χ3n) is 2.88. The first-order valence-electron chi connectivity index (χ1n) is 5.69. The Bertz CT molecular complexity index is 453. The molecule has 1 heterocycles. The zero-order valence-electron chi connectivity index (χ0n) is 9.47. The fraction of sp³-hybridized carbons (Fsp3) is 0.286. The maximum absolute atomic E-state index is 9.48. The predicted octanol–water partition coefficient (Wildman–Crippen LogP) is 4.11. The molecule has 0 bridgehead atoms. The average Bonchev–Trinajstić information content (AvgIpc) is 2.85. The highest BCUT2D eigenvalue weighted by Crippen LogP contribution is 2.28. The fourth-order valence-corrected chi connectivity index (χ4v) is 2.94. The van der Waals surface area contributed by atoms with Crippen molar-refractivity contribution in [1.82, 2.24) is 0 Å². The molecule has 1 aromatic heterocycles. The summed E-state index contributed by atoms with van der Waals surface area (Å²) >= 11 is 7.91. The molecule has 0 saturated carbocycles. The van der Waals surface area contributed by atoms with Crippen molar-refractivity contribution < 1.29 is 5.11 Å². The van der Waals surface area contributed by atoms with Crippen molar-refractivity contribution in [1.29, 1.82) is 0 Å². The van der Waals surface area contributed by atoms with Crippen LogP contribution in [0, 0.1) is 0 Å². The zero-order chi connectivity index (χ0) is 12.1. The van der Waals surface area contributed by atoms with Crippen LogP contribution in [0.4, 0.5) is 0 Å². The lowest BCUT2D eigenvalue weighted by Crippen LogP contribution is -2.06. The summed E-state index contributed by atoms with van der Waals surface area (Å²) in [7, 11) is 0. The molecule has 1 unspecified atom stereocenters. The molecule has 90 valence electrons. The number of aryl methyl sites for hydroxylation is 1. The van der Waals surface area contributed by atoms with E-state index in [1.807, 2.05) is 24.3 Å². The first-order chi connectivity index (χ1) is 8.31. The van der Waals surface area contributed by atoms with Gasteiger partial charge in [0.1, 0.15) is 0 Å². The maximum Gasteiger partial charge on any atom is 0.0500 e. The minimum atomic E-state index is 0.130. The summed E-state index contributed by atoms with van der Waals surface area (Å²) in [5.74, 6) is 0.130. The molecule has 0 spiro atoms. The van der Waals surface area contributed by atoms with Crippen LogP contribution in [0.2, 0.25) is 5.02 Å². The number of thiophene rings is 1. The van der Waals surface area contributed by atoms with Gasteiger partial charge in [-0.15, -0.1) is 11.3 Å². The number of benzene rings is 1. The van der Waals surface area contributed by atoms with Gasteiger partial charge in [0.15, 0.2) is 0 Å². The van der Waals surface area contributed by atoms with Crippen LogP contribution in [0.15, 0.2) is 41.8 Å². The SMILES string of the molecule is OCC(CCc1cccs1)c1ccccc1Cl. The Labute approximate surface area is 111 Å². The highest BCUT2D eigenvalue weighted by atomic mass is 35.5. The molecule has 0 aliphatic carbocycles. The van der Waals surface area contributed by atoms with Crippen LogP contribution in [0.5, 0.6) is 0 Å². The Balaban J connectivity index is 2.04. The van der Waals surface area contributed by atoms with Gasteiger partial charge in [-0.1, -0.05) is 35.9 Å². The van der Waals surface area contributed by atoms with Crippen LogP contribution in [0.1, 0.15) is 22.8 Å². The van der Waals surface area contributed by atoms with Crippen LogP contribution in [0.3, 0.4) is 0 Å². The smallest absolute Gasteiger partial charge is 0.0500 e. The van der Waals surface area contributed by atoms with Crippen LogP contribution in [-0.2, 0) is 6.42 Å². The predicted molar refractivity (Wildman–Crippen MR) is 73.9 cm³/mol. The highest BCUT2D eigenvalue weighted by Gasteiger charge is 2.13. The highest BCUT2D eigenvalue weighted by molar-refractivity contribution is 7.09. The minimum Gasteiger partial charge on any atom is -0.396 e. The van der Waals surface area contributed by atoms with Gasteiger partial charge < -0.3 is 5.11 Å². The quantitative estimate of drug-likeness (QED) is 0.864. The molecule has 0 aliphatic rings. The molecule has 0 aliphatic heterocycles. The summed E-state index contributed by atoms with van der Waals surface area (Å²) < 4.78 is 0. The lowest BCUT2D eigenvalue weighted by Gasteiger charge is -2.15. The van der Waals surface area contributed by atoms with E-state index in [1.165, 1.54) is 4.88 Å². The third-order valence-corrected chi connectivity index (χ3v) is 4.17. The third kappa shape index (κ3) is 3.32. The standard InChI is InChI=1S/C14H15ClOS/c15-14-6-2-1-5-13(14)11(10-16)7-8-12-4-3-9-17-12/h1-6,9,11,16H,7-8,10H2. The fourth-order valence-electron chi connectivity index (χ4n) is 1.92. The van der Waals surface area contributed by atoms with Crippen LogP contribution in [0.25, 0.3) is 0 Å². The first kappa shape index (κ1) is 12.6. The van der Waals surface area contributed by atoms with Crippen molar-refractivity contribution in [2.24, 2.45) is 0 Å². The Kier molecular flexibility index (Phi) is 4.60. The van der Waals surface area contributed by atoms with E-state index in [9.17, 15) is 5.11 Å². The van der Waals surface area contributed by atoms with E-state index in [-0.39, 0.29) is 12.5 Å². The van der Waals surface area contributed by atoms with Crippen molar-refractivity contribution in [3.05, 3.63) is 57.2 Å². The van der Waals surface area contributed by atoms with Gasteiger partial charge in [0, 0.05) is 22.4 Å². The van der Waals surface area contributed by atoms with E-state index in [0.29, 0.717) is 0 Å². The van der Waals surface area contributed by atoms with E-state index in [4.69, 9.17) is 11.6 Å². The van der Waals surface area contributed by atoms with E-state index < -0.39 is 0 Å². The molecule has 0 saturated heterocycles. The molecule has 3 heteroatoms. The van der Waals surface area contributed by atoms with E-state index in [2.05, 4.69) is 17.5 Å². The topological polar surface area (TPSA) is 20.2 Å². The Hall–Kier alpha value is -0.830. The van der Waals surface area contributed by atoms with Crippen molar-refractivity contribution in [2.75, 3.05) is 6.61 Å². The number of aliphatic hydroxyl groups is 1. The van der Waals surface area contributed by atoms with Crippen molar-refractivity contribution in [3.8, 4) is 0 Å². The maximum atomic E-state index is 9.48. The second kappa shape index (κ2) is 6.20. The largest absolute Gasteiger partial charge is 0.396 e. The molecular weight excluding hydrogens is 252 g/mol. The number of hydrogen-bond acceptors (Lipinski definition) is 2. The van der Waals surface area contributed by atoms with Gasteiger partial charge in [0.2, 0.25) is 0 Å². The normalized spacial score (nSPS) is 12.6. The number of halogens is 1. The average molecular weight is 267 g/mol. The molecule has 2 rings (SSSR count). The van der Waals surface area contributed by atoms with Gasteiger partial charge in [0.05, 0.1) is 0 Å². The monoisotopic (exact) mass is 266 g/mol. The summed E-state index contributed by atoms with van der Waals surface area (Å²) in [4.78, 5) is 1.36. The van der Waals surface area contributed by atoms with E-state index in [0.717, 1.165) is 23.4 Å². The number of rotatable bonds is 5. The molecular formula is C14H15ClOS. The van der Waals surface area contributed by atoms with Gasteiger partial charge >= 0.3 is 0 Å². The van der Waals surface area contributed by atoms with Gasteiger partial charge in [-0.3, -0.25) is 0 Å². The molecule has 1 aromatic carbocycles. The lowest BCUT2D eigenvalue weighted by atomic mass is 9.94. The molecule has 17 heavy (non-hydrogen) atoms. The van der Waals surface area contributed by atoms with Gasteiger partial charge in [-0.05, 0) is 35.9 Å². The molecule has 1 N–H and O–H groups in total. The Morgan fingerprint density at radius 2 is 2.00 bits per heavy atom. The number of aliphatic hydroxyl groups excluding tert-OH is 1. The van der Waals surface area contributed by atoms with Crippen molar-refractivity contribution in [2.45, 2.75) is 18.8 Å². The summed E-state index contributed by atoms with van der Waals surface area (Å²) in [6, 6.07) is 12.0. The van der Waals surface area contributed by atoms with Crippen molar-refractivity contribution in [3.63, 3.8) is 0 Å². The molecule has 0 amide bonds. The van der Waals surface area contributed by atoms with E-state index in [1.54, 1.807) is 11.3 Å². The molecule has 2 aromatic rings. The Morgan fingerprint density at radius 3 is 2.65 bits per heavy atom. The second-order valence-corrected chi connectivity index (χ2v) is 5.46.